The molecule has 0 bridgehead atoms. The summed E-state index contributed by atoms with van der Waals surface area (Å²) in [5, 5.41) is 8.85. The van der Waals surface area contributed by atoms with Crippen molar-refractivity contribution in [3.63, 3.8) is 0 Å². The Hall–Kier alpha value is -1.95. The fraction of sp³-hybridized carbons (Fsp3) is 0.500. The van der Waals surface area contributed by atoms with E-state index in [0.29, 0.717) is 5.56 Å². The summed E-state index contributed by atoms with van der Waals surface area (Å²) in [7, 11) is 0. The van der Waals surface area contributed by atoms with Crippen molar-refractivity contribution < 1.29 is 19.4 Å². The number of carboxylic acids is 1. The van der Waals surface area contributed by atoms with E-state index in [0.717, 1.165) is 0 Å². The van der Waals surface area contributed by atoms with E-state index < -0.39 is 29.5 Å². The van der Waals surface area contributed by atoms with Crippen LogP contribution in [0.1, 0.15) is 38.7 Å². The Bertz CT molecular complexity index is 468. The van der Waals surface area contributed by atoms with Crippen LogP contribution in [0.5, 0.6) is 0 Å². The summed E-state index contributed by atoms with van der Waals surface area (Å²) in [4.78, 5) is 26.9. The highest BCUT2D eigenvalue weighted by atomic mass is 16.6. The number of aromatic nitrogens is 1. The van der Waals surface area contributed by atoms with Gasteiger partial charge in [0, 0.05) is 18.4 Å². The molecule has 0 spiro atoms. The molecule has 0 saturated carbocycles. The van der Waals surface area contributed by atoms with E-state index in [1.54, 1.807) is 32.9 Å². The minimum absolute atomic E-state index is 0.313. The van der Waals surface area contributed by atoms with Gasteiger partial charge in [-0.1, -0.05) is 0 Å². The molecule has 1 aromatic heterocycles. The molecule has 0 aliphatic carbocycles. The summed E-state index contributed by atoms with van der Waals surface area (Å²) in [6, 6.07) is 2.41. The molecule has 1 heterocycles. The minimum Gasteiger partial charge on any atom is -0.481 e. The molecule has 0 aliphatic rings. The van der Waals surface area contributed by atoms with Crippen LogP contribution in [-0.2, 0) is 14.3 Å². The maximum Gasteiger partial charge on any atom is 0.315 e. The Kier molecular flexibility index (Phi) is 5.21. The van der Waals surface area contributed by atoms with Gasteiger partial charge in [0.1, 0.15) is 5.60 Å². The van der Waals surface area contributed by atoms with Crippen LogP contribution in [0.25, 0.3) is 0 Å². The zero-order valence-corrected chi connectivity index (χ0v) is 11.9. The number of esters is 1. The predicted molar refractivity (Wildman–Crippen MR) is 73.1 cm³/mol. The zero-order chi connectivity index (χ0) is 15.3. The van der Waals surface area contributed by atoms with Crippen LogP contribution in [0.2, 0.25) is 0 Å². The van der Waals surface area contributed by atoms with E-state index >= 15 is 0 Å². The Balaban J connectivity index is 3.02. The number of nitrogens with two attached hydrogens (primary N) is 1. The van der Waals surface area contributed by atoms with E-state index in [1.165, 1.54) is 12.4 Å². The van der Waals surface area contributed by atoms with Crippen molar-refractivity contribution in [2.24, 2.45) is 5.73 Å². The van der Waals surface area contributed by atoms with E-state index in [-0.39, 0.29) is 6.42 Å². The van der Waals surface area contributed by atoms with Crippen LogP contribution in [-0.4, -0.2) is 33.7 Å². The predicted octanol–water partition coefficient (Wildman–Crippen LogP) is 1.31. The third-order valence-corrected chi connectivity index (χ3v) is 2.56. The minimum atomic E-state index is -1.06. The van der Waals surface area contributed by atoms with Gasteiger partial charge in [-0.3, -0.25) is 14.6 Å². The summed E-state index contributed by atoms with van der Waals surface area (Å²) in [6.07, 6.45) is 2.74. The third kappa shape index (κ3) is 4.97. The fourth-order valence-electron chi connectivity index (χ4n) is 1.81. The normalized spacial score (nSPS) is 14.4. The molecule has 0 unspecified atom stereocenters. The monoisotopic (exact) mass is 280 g/mol. The van der Waals surface area contributed by atoms with Crippen LogP contribution in [0.15, 0.2) is 24.5 Å². The number of rotatable bonds is 5. The van der Waals surface area contributed by atoms with E-state index in [2.05, 4.69) is 4.98 Å². The van der Waals surface area contributed by atoms with Gasteiger partial charge in [-0.2, -0.15) is 0 Å². The molecule has 0 fully saturated rings. The van der Waals surface area contributed by atoms with Gasteiger partial charge in [-0.05, 0) is 38.5 Å². The Morgan fingerprint density at radius 3 is 2.35 bits per heavy atom. The molecule has 0 radical (unpaired) electrons. The summed E-state index contributed by atoms with van der Waals surface area (Å²) in [5.74, 6) is -2.41. The number of carboxylic acid groups (broad SMARTS) is 1. The number of aliphatic carboxylic acids is 1. The molecule has 20 heavy (non-hydrogen) atoms. The van der Waals surface area contributed by atoms with Crippen LogP contribution in [0.3, 0.4) is 0 Å². The van der Waals surface area contributed by atoms with Crippen molar-refractivity contribution >= 4 is 11.9 Å². The number of carbonyl (C=O) groups is 2. The SMILES string of the molecule is CC(C)(C)OC(=O)[C@@H](c1ccncc1)[C@@H](N)CC(=O)O. The first kappa shape index (κ1) is 16.1. The van der Waals surface area contributed by atoms with Crippen molar-refractivity contribution in [1.82, 2.24) is 4.98 Å². The molecule has 0 aliphatic heterocycles. The lowest BCUT2D eigenvalue weighted by molar-refractivity contribution is -0.157. The molecule has 110 valence electrons. The van der Waals surface area contributed by atoms with Crippen LogP contribution in [0.4, 0.5) is 0 Å². The smallest absolute Gasteiger partial charge is 0.315 e. The maximum absolute atomic E-state index is 12.3. The number of ether oxygens (including phenoxy) is 1. The molecule has 6 heteroatoms. The molecular weight excluding hydrogens is 260 g/mol. The first-order valence-corrected chi connectivity index (χ1v) is 6.31. The average molecular weight is 280 g/mol. The van der Waals surface area contributed by atoms with Crippen molar-refractivity contribution in [3.05, 3.63) is 30.1 Å². The average Bonchev–Trinajstić information content (AvgIpc) is 2.26. The highest BCUT2D eigenvalue weighted by molar-refractivity contribution is 5.80. The molecular formula is C14H20N2O4. The molecule has 3 N–H and O–H groups in total. The van der Waals surface area contributed by atoms with Gasteiger partial charge in [0.15, 0.2) is 0 Å². The zero-order valence-electron chi connectivity index (χ0n) is 11.9. The van der Waals surface area contributed by atoms with Crippen molar-refractivity contribution in [1.29, 1.82) is 0 Å². The molecule has 1 aromatic rings. The van der Waals surface area contributed by atoms with E-state index in [9.17, 15) is 9.59 Å². The van der Waals surface area contributed by atoms with Gasteiger partial charge >= 0.3 is 11.9 Å². The number of hydrogen-bond acceptors (Lipinski definition) is 5. The lowest BCUT2D eigenvalue weighted by atomic mass is 9.90. The molecule has 0 saturated heterocycles. The van der Waals surface area contributed by atoms with E-state index in [1.807, 2.05) is 0 Å². The Labute approximate surface area is 118 Å². The van der Waals surface area contributed by atoms with Gasteiger partial charge in [0.05, 0.1) is 12.3 Å². The number of pyridine rings is 1. The second-order valence-corrected chi connectivity index (χ2v) is 5.55. The number of hydrogen-bond donors (Lipinski definition) is 2. The second-order valence-electron chi connectivity index (χ2n) is 5.55. The molecule has 0 amide bonds. The van der Waals surface area contributed by atoms with Gasteiger partial charge < -0.3 is 15.6 Å². The van der Waals surface area contributed by atoms with Crippen molar-refractivity contribution in [2.45, 2.75) is 44.8 Å². The first-order chi connectivity index (χ1) is 9.20. The van der Waals surface area contributed by atoms with Crippen molar-refractivity contribution in [3.8, 4) is 0 Å². The van der Waals surface area contributed by atoms with Crippen LogP contribution in [0, 0.1) is 0 Å². The lowest BCUT2D eigenvalue weighted by Gasteiger charge is -2.26. The Morgan fingerprint density at radius 2 is 1.90 bits per heavy atom. The molecule has 1 rings (SSSR count). The highest BCUT2D eigenvalue weighted by Gasteiger charge is 2.32. The summed E-state index contributed by atoms with van der Waals surface area (Å²) in [6.45, 7) is 5.24. The third-order valence-electron chi connectivity index (χ3n) is 2.56. The van der Waals surface area contributed by atoms with Gasteiger partial charge in [-0.25, -0.2) is 0 Å². The Morgan fingerprint density at radius 1 is 1.35 bits per heavy atom. The molecule has 0 aromatic carbocycles. The lowest BCUT2D eigenvalue weighted by Crippen LogP contribution is -2.39. The largest absolute Gasteiger partial charge is 0.481 e. The fourth-order valence-corrected chi connectivity index (χ4v) is 1.81. The second kappa shape index (κ2) is 6.47. The maximum atomic E-state index is 12.3. The molecule has 6 nitrogen and oxygen atoms in total. The van der Waals surface area contributed by atoms with Gasteiger partial charge in [-0.15, -0.1) is 0 Å². The molecule has 2 atom stereocenters. The van der Waals surface area contributed by atoms with Crippen LogP contribution < -0.4 is 5.73 Å². The number of carbonyl (C=O) groups excluding carboxylic acids is 1. The standard InChI is InChI=1S/C14H20N2O4/c1-14(2,3)20-13(19)12(10(15)8-11(17)18)9-4-6-16-7-5-9/h4-7,10,12H,8,15H2,1-3H3,(H,17,18)/t10-,12-/m0/s1. The topological polar surface area (TPSA) is 103 Å². The van der Waals surface area contributed by atoms with E-state index in [4.69, 9.17) is 15.6 Å². The quantitative estimate of drug-likeness (QED) is 0.788. The highest BCUT2D eigenvalue weighted by Crippen LogP contribution is 2.24. The van der Waals surface area contributed by atoms with Gasteiger partial charge in [0.25, 0.3) is 0 Å². The number of nitrogens with zero attached hydrogens (tertiary/aromatic N) is 1. The summed E-state index contributed by atoms with van der Waals surface area (Å²) in [5.41, 5.74) is 5.81. The van der Waals surface area contributed by atoms with Crippen molar-refractivity contribution in [2.75, 3.05) is 0 Å². The summed E-state index contributed by atoms with van der Waals surface area (Å²) < 4.78 is 5.32. The first-order valence-electron chi connectivity index (χ1n) is 6.31. The summed E-state index contributed by atoms with van der Waals surface area (Å²) >= 11 is 0. The van der Waals surface area contributed by atoms with Gasteiger partial charge in [0.2, 0.25) is 0 Å². The van der Waals surface area contributed by atoms with Crippen LogP contribution >= 0.6 is 0 Å².